The normalized spacial score (nSPS) is 10.1. The Kier molecular flexibility index (Phi) is 7.01. The molecule has 2 N–H and O–H groups in total. The first-order valence-corrected chi connectivity index (χ1v) is 9.51. The van der Waals surface area contributed by atoms with Crippen LogP contribution in [0.2, 0.25) is 0 Å². The largest absolute Gasteiger partial charge is 0.497 e. The van der Waals surface area contributed by atoms with Crippen LogP contribution in [0.15, 0.2) is 72.8 Å². The zero-order valence-electron chi connectivity index (χ0n) is 17.2. The molecule has 2 amide bonds. The fourth-order valence-electron chi connectivity index (χ4n) is 2.95. The van der Waals surface area contributed by atoms with Gasteiger partial charge in [0, 0.05) is 11.3 Å². The molecule has 7 heteroatoms. The van der Waals surface area contributed by atoms with Gasteiger partial charge in [0.25, 0.3) is 5.91 Å². The van der Waals surface area contributed by atoms with E-state index in [0.29, 0.717) is 16.9 Å². The van der Waals surface area contributed by atoms with E-state index in [1.165, 1.54) is 7.11 Å². The number of amides is 2. The van der Waals surface area contributed by atoms with E-state index in [1.54, 1.807) is 67.8 Å². The van der Waals surface area contributed by atoms with E-state index in [2.05, 4.69) is 10.6 Å². The molecular formula is C24H22N2O5. The molecule has 3 aromatic carbocycles. The monoisotopic (exact) mass is 418 g/mol. The number of carbonyl (C=O) groups excluding carboxylic acids is 3. The summed E-state index contributed by atoms with van der Waals surface area (Å²) in [6.07, 6.45) is 0.187. The SMILES string of the molecule is COC(=O)c1ccccc1NC(=O)c1cccc(NC(=O)Cc2ccc(OC)cc2)c1. The van der Waals surface area contributed by atoms with Gasteiger partial charge in [-0.25, -0.2) is 4.79 Å². The number of hydrogen-bond acceptors (Lipinski definition) is 5. The minimum absolute atomic E-state index is 0.187. The van der Waals surface area contributed by atoms with Crippen LogP contribution in [0.25, 0.3) is 0 Å². The van der Waals surface area contributed by atoms with Crippen molar-refractivity contribution < 1.29 is 23.9 Å². The molecule has 0 aromatic heterocycles. The lowest BCUT2D eigenvalue weighted by Gasteiger charge is -2.11. The number of anilines is 2. The predicted molar refractivity (Wildman–Crippen MR) is 118 cm³/mol. The van der Waals surface area contributed by atoms with Crippen LogP contribution in [0, 0.1) is 0 Å². The third-order valence-corrected chi connectivity index (χ3v) is 4.51. The Bertz CT molecular complexity index is 1090. The number of benzene rings is 3. The van der Waals surface area contributed by atoms with E-state index in [-0.39, 0.29) is 17.9 Å². The Labute approximate surface area is 180 Å². The van der Waals surface area contributed by atoms with Crippen LogP contribution in [-0.2, 0) is 16.0 Å². The highest BCUT2D eigenvalue weighted by Crippen LogP contribution is 2.19. The molecule has 7 nitrogen and oxygen atoms in total. The maximum atomic E-state index is 12.7. The first-order chi connectivity index (χ1) is 15.0. The van der Waals surface area contributed by atoms with Crippen molar-refractivity contribution in [2.75, 3.05) is 24.9 Å². The molecule has 0 heterocycles. The Morgan fingerprint density at radius 1 is 0.839 bits per heavy atom. The Morgan fingerprint density at radius 3 is 2.29 bits per heavy atom. The zero-order chi connectivity index (χ0) is 22.2. The fraction of sp³-hybridized carbons (Fsp3) is 0.125. The summed E-state index contributed by atoms with van der Waals surface area (Å²) in [4.78, 5) is 36.9. The van der Waals surface area contributed by atoms with Crippen molar-refractivity contribution in [1.29, 1.82) is 0 Å². The lowest BCUT2D eigenvalue weighted by atomic mass is 10.1. The van der Waals surface area contributed by atoms with Gasteiger partial charge in [0.15, 0.2) is 0 Å². The lowest BCUT2D eigenvalue weighted by Crippen LogP contribution is -2.17. The maximum absolute atomic E-state index is 12.7. The topological polar surface area (TPSA) is 93.7 Å². The molecule has 0 saturated heterocycles. The fourth-order valence-corrected chi connectivity index (χ4v) is 2.95. The average Bonchev–Trinajstić information content (AvgIpc) is 2.79. The van der Waals surface area contributed by atoms with Gasteiger partial charge in [-0.3, -0.25) is 9.59 Å². The third-order valence-electron chi connectivity index (χ3n) is 4.51. The molecule has 31 heavy (non-hydrogen) atoms. The summed E-state index contributed by atoms with van der Waals surface area (Å²) in [6, 6.07) is 20.4. The van der Waals surface area contributed by atoms with E-state index in [1.807, 2.05) is 12.1 Å². The third kappa shape index (κ3) is 5.70. The van der Waals surface area contributed by atoms with Gasteiger partial charge < -0.3 is 20.1 Å². The van der Waals surface area contributed by atoms with Crippen molar-refractivity contribution in [3.8, 4) is 5.75 Å². The van der Waals surface area contributed by atoms with Gasteiger partial charge in [-0.05, 0) is 48.0 Å². The van der Waals surface area contributed by atoms with Crippen LogP contribution in [0.4, 0.5) is 11.4 Å². The Morgan fingerprint density at radius 2 is 1.58 bits per heavy atom. The molecule has 0 bridgehead atoms. The highest BCUT2D eigenvalue weighted by atomic mass is 16.5. The molecule has 3 rings (SSSR count). The van der Waals surface area contributed by atoms with E-state index in [0.717, 1.165) is 11.3 Å². The summed E-state index contributed by atoms with van der Waals surface area (Å²) < 4.78 is 9.85. The number of nitrogens with one attached hydrogen (secondary N) is 2. The number of rotatable bonds is 7. The summed E-state index contributed by atoms with van der Waals surface area (Å²) in [6.45, 7) is 0. The van der Waals surface area contributed by atoms with E-state index in [9.17, 15) is 14.4 Å². The predicted octanol–water partition coefficient (Wildman–Crippen LogP) is 3.92. The molecule has 0 unspecified atom stereocenters. The van der Waals surface area contributed by atoms with Gasteiger partial charge in [0.1, 0.15) is 5.75 Å². The van der Waals surface area contributed by atoms with Crippen LogP contribution in [0.1, 0.15) is 26.3 Å². The minimum atomic E-state index is -0.546. The molecule has 0 fully saturated rings. The summed E-state index contributed by atoms with van der Waals surface area (Å²) >= 11 is 0. The number of hydrogen-bond donors (Lipinski definition) is 2. The number of para-hydroxylation sites is 1. The smallest absolute Gasteiger partial charge is 0.339 e. The molecule has 0 radical (unpaired) electrons. The van der Waals surface area contributed by atoms with Gasteiger partial charge in [0.05, 0.1) is 31.9 Å². The summed E-state index contributed by atoms with van der Waals surface area (Å²) in [5.41, 5.74) is 2.26. The Hall–Kier alpha value is -4.13. The maximum Gasteiger partial charge on any atom is 0.339 e. The van der Waals surface area contributed by atoms with Gasteiger partial charge in [-0.15, -0.1) is 0 Å². The summed E-state index contributed by atoms with van der Waals surface area (Å²) in [5.74, 6) is -0.451. The Balaban J connectivity index is 1.67. The highest BCUT2D eigenvalue weighted by molar-refractivity contribution is 6.08. The number of carbonyl (C=O) groups is 3. The van der Waals surface area contributed by atoms with Crippen molar-refractivity contribution in [2.24, 2.45) is 0 Å². The highest BCUT2D eigenvalue weighted by Gasteiger charge is 2.15. The van der Waals surface area contributed by atoms with Crippen molar-refractivity contribution in [2.45, 2.75) is 6.42 Å². The number of esters is 1. The quantitative estimate of drug-likeness (QED) is 0.568. The minimum Gasteiger partial charge on any atom is -0.497 e. The van der Waals surface area contributed by atoms with Crippen molar-refractivity contribution in [3.05, 3.63) is 89.5 Å². The summed E-state index contributed by atoms with van der Waals surface area (Å²) in [5, 5.41) is 5.50. The second kappa shape index (κ2) is 10.1. The first-order valence-electron chi connectivity index (χ1n) is 9.51. The zero-order valence-corrected chi connectivity index (χ0v) is 17.2. The van der Waals surface area contributed by atoms with Crippen molar-refractivity contribution >= 4 is 29.2 Å². The molecule has 0 aliphatic rings. The first kappa shape index (κ1) is 21.6. The van der Waals surface area contributed by atoms with Crippen molar-refractivity contribution in [3.63, 3.8) is 0 Å². The van der Waals surface area contributed by atoms with Crippen LogP contribution >= 0.6 is 0 Å². The molecule has 0 aliphatic heterocycles. The second-order valence-electron chi connectivity index (χ2n) is 6.65. The van der Waals surface area contributed by atoms with Crippen LogP contribution < -0.4 is 15.4 Å². The standard InChI is InChI=1S/C24H22N2O5/c1-30-19-12-10-16(11-13-19)14-22(27)25-18-7-5-6-17(15-18)23(28)26-21-9-4-3-8-20(21)24(29)31-2/h3-13,15H,14H2,1-2H3,(H,25,27)(H,26,28). The van der Waals surface area contributed by atoms with Crippen LogP contribution in [0.3, 0.4) is 0 Å². The lowest BCUT2D eigenvalue weighted by molar-refractivity contribution is -0.115. The van der Waals surface area contributed by atoms with E-state index < -0.39 is 11.9 Å². The molecule has 3 aromatic rings. The average molecular weight is 418 g/mol. The van der Waals surface area contributed by atoms with Crippen molar-refractivity contribution in [1.82, 2.24) is 0 Å². The second-order valence-corrected chi connectivity index (χ2v) is 6.65. The van der Waals surface area contributed by atoms with Crippen LogP contribution in [0.5, 0.6) is 5.75 Å². The molecule has 158 valence electrons. The molecule has 0 saturated carbocycles. The molecular weight excluding hydrogens is 396 g/mol. The van der Waals surface area contributed by atoms with Crippen LogP contribution in [-0.4, -0.2) is 32.0 Å². The van der Waals surface area contributed by atoms with Gasteiger partial charge >= 0.3 is 5.97 Å². The number of methoxy groups -OCH3 is 2. The van der Waals surface area contributed by atoms with E-state index >= 15 is 0 Å². The van der Waals surface area contributed by atoms with Gasteiger partial charge in [-0.1, -0.05) is 30.3 Å². The summed E-state index contributed by atoms with van der Waals surface area (Å²) in [7, 11) is 2.86. The molecule has 0 atom stereocenters. The molecule has 0 aliphatic carbocycles. The molecule has 0 spiro atoms. The van der Waals surface area contributed by atoms with Gasteiger partial charge in [-0.2, -0.15) is 0 Å². The van der Waals surface area contributed by atoms with E-state index in [4.69, 9.17) is 9.47 Å². The van der Waals surface area contributed by atoms with Gasteiger partial charge in [0.2, 0.25) is 5.91 Å². The number of ether oxygens (including phenoxy) is 2.